The molecule has 0 aromatic carbocycles. The number of ether oxygens (including phenoxy) is 1. The zero-order chi connectivity index (χ0) is 12.2. The number of rotatable bonds is 4. The number of hydrogen-bond donors (Lipinski definition) is 0. The van der Waals surface area contributed by atoms with Crippen molar-refractivity contribution in [1.82, 2.24) is 4.90 Å². The molecule has 1 heterocycles. The van der Waals surface area contributed by atoms with Crippen molar-refractivity contribution in [2.45, 2.75) is 26.1 Å². The van der Waals surface area contributed by atoms with Gasteiger partial charge in [-0.15, -0.1) is 13.2 Å². The molecule has 1 atom stereocenters. The van der Waals surface area contributed by atoms with Gasteiger partial charge in [-0.25, -0.2) is 0 Å². The molecule has 0 aliphatic carbocycles. The fraction of sp³-hybridized carbons (Fsp3) is 0.900. The van der Waals surface area contributed by atoms with Gasteiger partial charge in [-0.2, -0.15) is 0 Å². The molecule has 1 unspecified atom stereocenters. The summed E-state index contributed by atoms with van der Waals surface area (Å²) >= 11 is 0. The lowest BCUT2D eigenvalue weighted by molar-refractivity contribution is -0.325. The maximum Gasteiger partial charge on any atom is 0.522 e. The van der Waals surface area contributed by atoms with E-state index in [-0.39, 0.29) is 24.9 Å². The van der Waals surface area contributed by atoms with Crippen molar-refractivity contribution in [3.05, 3.63) is 0 Å². The lowest BCUT2D eigenvalue weighted by Crippen LogP contribution is -2.42. The van der Waals surface area contributed by atoms with Crippen LogP contribution in [0.5, 0.6) is 0 Å². The minimum Gasteiger partial charge on any atom is -0.300 e. The van der Waals surface area contributed by atoms with E-state index in [1.54, 1.807) is 0 Å². The van der Waals surface area contributed by atoms with E-state index in [1.165, 1.54) is 0 Å². The number of carbonyl (C=O) groups is 1. The first-order valence-corrected chi connectivity index (χ1v) is 5.38. The number of hydrogen-bond acceptors (Lipinski definition) is 3. The van der Waals surface area contributed by atoms with Crippen molar-refractivity contribution < 1.29 is 22.7 Å². The van der Waals surface area contributed by atoms with Gasteiger partial charge in [-0.1, -0.05) is 6.92 Å². The summed E-state index contributed by atoms with van der Waals surface area (Å²) in [6.07, 6.45) is -3.38. The van der Waals surface area contributed by atoms with Gasteiger partial charge in [0.2, 0.25) is 0 Å². The maximum atomic E-state index is 11.7. The summed E-state index contributed by atoms with van der Waals surface area (Å²) in [4.78, 5) is 13.2. The molecule has 16 heavy (non-hydrogen) atoms. The van der Waals surface area contributed by atoms with E-state index in [1.807, 2.05) is 11.8 Å². The molecule has 0 amide bonds. The first kappa shape index (κ1) is 13.4. The third-order valence-corrected chi connectivity index (χ3v) is 2.77. The van der Waals surface area contributed by atoms with Crippen LogP contribution in [0.25, 0.3) is 0 Å². The summed E-state index contributed by atoms with van der Waals surface area (Å²) in [6.45, 7) is 2.86. The van der Waals surface area contributed by atoms with Gasteiger partial charge in [0.05, 0.1) is 6.61 Å². The molecule has 0 aromatic rings. The van der Waals surface area contributed by atoms with Crippen molar-refractivity contribution in [3.63, 3.8) is 0 Å². The van der Waals surface area contributed by atoms with Gasteiger partial charge >= 0.3 is 6.36 Å². The monoisotopic (exact) mass is 239 g/mol. The molecular formula is C10H16F3NO2. The Morgan fingerprint density at radius 2 is 2.19 bits per heavy atom. The molecule has 1 fully saturated rings. The van der Waals surface area contributed by atoms with Crippen molar-refractivity contribution in [3.8, 4) is 0 Å². The number of likely N-dealkylation sites (tertiary alicyclic amines) is 1. The predicted octanol–water partition coefficient (Wildman–Crippen LogP) is 1.82. The molecule has 6 heteroatoms. The number of piperidine rings is 1. The molecule has 0 spiro atoms. The average Bonchev–Trinajstić information content (AvgIpc) is 2.18. The van der Waals surface area contributed by atoms with E-state index in [0.29, 0.717) is 19.5 Å². The minimum atomic E-state index is -4.56. The van der Waals surface area contributed by atoms with Crippen molar-refractivity contribution >= 4 is 5.78 Å². The highest BCUT2D eigenvalue weighted by Gasteiger charge is 2.30. The zero-order valence-corrected chi connectivity index (χ0v) is 9.22. The summed E-state index contributed by atoms with van der Waals surface area (Å²) in [5, 5.41) is 0. The molecule has 1 aliphatic rings. The Hall–Kier alpha value is -0.620. The molecule has 94 valence electrons. The Kier molecular flexibility index (Phi) is 4.73. The summed E-state index contributed by atoms with van der Waals surface area (Å²) in [7, 11) is 0. The van der Waals surface area contributed by atoms with Crippen molar-refractivity contribution in [2.75, 3.05) is 26.2 Å². The van der Waals surface area contributed by atoms with Gasteiger partial charge in [-0.05, 0) is 6.42 Å². The number of Topliss-reactive ketones (excluding diaryl/α,β-unsaturated/α-hetero) is 1. The Labute approximate surface area is 92.5 Å². The third kappa shape index (κ3) is 4.49. The van der Waals surface area contributed by atoms with Crippen LogP contribution in [0.4, 0.5) is 13.2 Å². The van der Waals surface area contributed by atoms with Crippen LogP contribution >= 0.6 is 0 Å². The molecule has 3 nitrogen and oxygen atoms in total. The van der Waals surface area contributed by atoms with Gasteiger partial charge in [0.15, 0.2) is 0 Å². The smallest absolute Gasteiger partial charge is 0.300 e. The van der Waals surface area contributed by atoms with E-state index in [2.05, 4.69) is 4.74 Å². The zero-order valence-electron chi connectivity index (χ0n) is 9.22. The topological polar surface area (TPSA) is 29.5 Å². The highest BCUT2D eigenvalue weighted by atomic mass is 19.4. The van der Waals surface area contributed by atoms with Crippen LogP contribution in [-0.4, -0.2) is 43.3 Å². The second kappa shape index (κ2) is 5.63. The lowest BCUT2D eigenvalue weighted by atomic mass is 9.94. The van der Waals surface area contributed by atoms with Crippen LogP contribution in [0.3, 0.4) is 0 Å². The summed E-state index contributed by atoms with van der Waals surface area (Å²) in [6, 6.07) is 0. The lowest BCUT2D eigenvalue weighted by Gasteiger charge is -2.31. The standard InChI is InChI=1S/C10H16F3NO2/c1-2-8-7-14(4-3-9(8)15)5-6-16-10(11,12)13/h8H,2-7H2,1H3. The van der Waals surface area contributed by atoms with E-state index in [0.717, 1.165) is 6.42 Å². The Morgan fingerprint density at radius 3 is 2.75 bits per heavy atom. The van der Waals surface area contributed by atoms with E-state index < -0.39 is 6.36 Å². The van der Waals surface area contributed by atoms with Crippen LogP contribution in [0, 0.1) is 5.92 Å². The first-order chi connectivity index (χ1) is 7.42. The van der Waals surface area contributed by atoms with Gasteiger partial charge < -0.3 is 0 Å². The van der Waals surface area contributed by atoms with Gasteiger partial charge in [0.25, 0.3) is 0 Å². The second-order valence-electron chi connectivity index (χ2n) is 3.92. The molecule has 1 rings (SSSR count). The highest BCUT2D eigenvalue weighted by molar-refractivity contribution is 5.82. The highest BCUT2D eigenvalue weighted by Crippen LogP contribution is 2.18. The Bertz CT molecular complexity index is 243. The SMILES string of the molecule is CCC1CN(CCOC(F)(F)F)CCC1=O. The van der Waals surface area contributed by atoms with Crippen LogP contribution in [0.1, 0.15) is 19.8 Å². The number of halogens is 3. The number of nitrogens with zero attached hydrogens (tertiary/aromatic N) is 1. The fourth-order valence-electron chi connectivity index (χ4n) is 1.83. The fourth-order valence-corrected chi connectivity index (χ4v) is 1.83. The Balaban J connectivity index is 2.26. The molecule has 0 radical (unpaired) electrons. The normalized spacial score (nSPS) is 23.8. The van der Waals surface area contributed by atoms with E-state index in [4.69, 9.17) is 0 Å². The van der Waals surface area contributed by atoms with Crippen LogP contribution in [0.2, 0.25) is 0 Å². The van der Waals surface area contributed by atoms with Crippen LogP contribution < -0.4 is 0 Å². The number of ketones is 1. The number of alkyl halides is 3. The molecule has 0 N–H and O–H groups in total. The third-order valence-electron chi connectivity index (χ3n) is 2.77. The minimum absolute atomic E-state index is 0.0281. The first-order valence-electron chi connectivity index (χ1n) is 5.38. The van der Waals surface area contributed by atoms with E-state index >= 15 is 0 Å². The summed E-state index contributed by atoms with van der Waals surface area (Å²) in [5.41, 5.74) is 0. The van der Waals surface area contributed by atoms with Gasteiger partial charge in [0, 0.05) is 32.0 Å². The second-order valence-corrected chi connectivity index (χ2v) is 3.92. The molecule has 1 aliphatic heterocycles. The van der Waals surface area contributed by atoms with E-state index in [9.17, 15) is 18.0 Å². The molecule has 0 saturated carbocycles. The molecule has 1 saturated heterocycles. The summed E-state index contributed by atoms with van der Waals surface area (Å²) < 4.78 is 38.9. The number of carbonyl (C=O) groups excluding carboxylic acids is 1. The van der Waals surface area contributed by atoms with Gasteiger partial charge in [0.1, 0.15) is 5.78 Å². The largest absolute Gasteiger partial charge is 0.522 e. The Morgan fingerprint density at radius 1 is 1.50 bits per heavy atom. The van der Waals surface area contributed by atoms with Crippen LogP contribution in [0.15, 0.2) is 0 Å². The van der Waals surface area contributed by atoms with Crippen molar-refractivity contribution in [1.29, 1.82) is 0 Å². The van der Waals surface area contributed by atoms with Crippen LogP contribution in [-0.2, 0) is 9.53 Å². The predicted molar refractivity (Wildman–Crippen MR) is 51.9 cm³/mol. The molecular weight excluding hydrogens is 223 g/mol. The van der Waals surface area contributed by atoms with Crippen molar-refractivity contribution in [2.24, 2.45) is 5.92 Å². The quantitative estimate of drug-likeness (QED) is 0.749. The maximum absolute atomic E-state index is 11.7. The van der Waals surface area contributed by atoms with Gasteiger partial charge in [-0.3, -0.25) is 14.4 Å². The average molecular weight is 239 g/mol. The molecule has 0 aromatic heterocycles. The summed E-state index contributed by atoms with van der Waals surface area (Å²) in [5.74, 6) is 0.190. The molecule has 0 bridgehead atoms.